The predicted molar refractivity (Wildman–Crippen MR) is 127 cm³/mol. The molecule has 0 unspecified atom stereocenters. The smallest absolute Gasteiger partial charge is 0.118 e. The minimum atomic E-state index is -0.0386. The van der Waals surface area contributed by atoms with Gasteiger partial charge in [0.25, 0.3) is 0 Å². The maximum atomic E-state index is 6.66. The van der Waals surface area contributed by atoms with Gasteiger partial charge in [0.2, 0.25) is 0 Å². The maximum absolute atomic E-state index is 6.66. The number of methoxy groups -OCH3 is 1. The van der Waals surface area contributed by atoms with Gasteiger partial charge in [-0.2, -0.15) is 0 Å². The molecule has 0 aliphatic carbocycles. The van der Waals surface area contributed by atoms with Crippen molar-refractivity contribution in [1.29, 1.82) is 0 Å². The first-order valence-corrected chi connectivity index (χ1v) is 11.3. The van der Waals surface area contributed by atoms with Gasteiger partial charge in [0.1, 0.15) is 11.9 Å². The second kappa shape index (κ2) is 10.1. The van der Waals surface area contributed by atoms with Crippen molar-refractivity contribution in [3.05, 3.63) is 102 Å². The molecule has 0 spiro atoms. The summed E-state index contributed by atoms with van der Waals surface area (Å²) in [5.74, 6) is 0.913. The van der Waals surface area contributed by atoms with Crippen LogP contribution in [0, 0.1) is 0 Å². The van der Waals surface area contributed by atoms with Crippen LogP contribution < -0.4 is 4.74 Å². The Morgan fingerprint density at radius 2 is 1.48 bits per heavy atom. The summed E-state index contributed by atoms with van der Waals surface area (Å²) in [6.45, 7) is 5.27. The van der Waals surface area contributed by atoms with Crippen molar-refractivity contribution in [2.75, 3.05) is 26.8 Å². The third-order valence-electron chi connectivity index (χ3n) is 6.50. The van der Waals surface area contributed by atoms with Gasteiger partial charge in [-0.1, -0.05) is 72.8 Å². The van der Waals surface area contributed by atoms with Crippen molar-refractivity contribution >= 4 is 0 Å². The fraction of sp³-hybridized carbons (Fsp3) is 0.357. The summed E-state index contributed by atoms with van der Waals surface area (Å²) in [5, 5.41) is 0. The lowest BCUT2D eigenvalue weighted by Crippen LogP contribution is -2.46. The Hall–Kier alpha value is -2.62. The van der Waals surface area contributed by atoms with Gasteiger partial charge in [-0.15, -0.1) is 0 Å². The molecule has 0 saturated carbocycles. The zero-order valence-electron chi connectivity index (χ0n) is 18.7. The van der Waals surface area contributed by atoms with Gasteiger partial charge in [0, 0.05) is 12.1 Å². The standard InChI is InChI=1S/C28H33NO2/c1-28(19-9-20-29(28)21-18-23-14-16-26(30-2)17-15-23)22-31-27(24-10-5-3-6-11-24)25-12-7-4-8-13-25/h3-8,10-17,27H,9,18-22H2,1-2H3/t28-/m0/s1. The number of benzene rings is 3. The number of ether oxygens (including phenoxy) is 2. The highest BCUT2D eigenvalue weighted by Crippen LogP contribution is 2.33. The zero-order valence-corrected chi connectivity index (χ0v) is 18.7. The average molecular weight is 416 g/mol. The second-order valence-electron chi connectivity index (χ2n) is 8.70. The SMILES string of the molecule is COc1ccc(CCN2CCC[C@@]2(C)COC(c2ccccc2)c2ccccc2)cc1. The van der Waals surface area contributed by atoms with Crippen LogP contribution >= 0.6 is 0 Å². The van der Waals surface area contributed by atoms with E-state index in [9.17, 15) is 0 Å². The van der Waals surface area contributed by atoms with Crippen LogP contribution in [0.5, 0.6) is 5.75 Å². The van der Waals surface area contributed by atoms with Crippen molar-refractivity contribution in [2.45, 2.75) is 37.8 Å². The molecular formula is C28H33NO2. The first-order valence-electron chi connectivity index (χ1n) is 11.3. The van der Waals surface area contributed by atoms with E-state index in [-0.39, 0.29) is 11.6 Å². The second-order valence-corrected chi connectivity index (χ2v) is 8.70. The molecule has 1 fully saturated rings. The molecule has 1 aliphatic heterocycles. The van der Waals surface area contributed by atoms with Crippen LogP contribution in [0.25, 0.3) is 0 Å². The molecule has 3 heteroatoms. The Kier molecular flexibility index (Phi) is 7.06. The van der Waals surface area contributed by atoms with E-state index in [0.717, 1.165) is 31.9 Å². The monoisotopic (exact) mass is 415 g/mol. The molecule has 0 aromatic heterocycles. The van der Waals surface area contributed by atoms with Crippen LogP contribution in [0.3, 0.4) is 0 Å². The predicted octanol–water partition coefficient (Wildman–Crippen LogP) is 5.90. The van der Waals surface area contributed by atoms with Gasteiger partial charge < -0.3 is 9.47 Å². The molecule has 0 N–H and O–H groups in total. The Morgan fingerprint density at radius 1 is 0.871 bits per heavy atom. The van der Waals surface area contributed by atoms with Crippen LogP contribution in [-0.2, 0) is 11.2 Å². The normalized spacial score (nSPS) is 19.1. The van der Waals surface area contributed by atoms with E-state index in [0.29, 0.717) is 0 Å². The minimum Gasteiger partial charge on any atom is -0.497 e. The van der Waals surface area contributed by atoms with Crippen LogP contribution in [0.1, 0.15) is 42.6 Å². The number of hydrogen-bond acceptors (Lipinski definition) is 3. The first-order chi connectivity index (χ1) is 15.2. The highest BCUT2D eigenvalue weighted by molar-refractivity contribution is 5.30. The molecule has 3 aromatic carbocycles. The highest BCUT2D eigenvalue weighted by atomic mass is 16.5. The number of likely N-dealkylation sites (tertiary alicyclic amines) is 1. The van der Waals surface area contributed by atoms with E-state index >= 15 is 0 Å². The molecule has 0 radical (unpaired) electrons. The van der Waals surface area contributed by atoms with E-state index in [1.165, 1.54) is 29.5 Å². The largest absolute Gasteiger partial charge is 0.497 e. The lowest BCUT2D eigenvalue weighted by atomic mass is 9.98. The number of rotatable bonds is 9. The van der Waals surface area contributed by atoms with Crippen LogP contribution in [0.2, 0.25) is 0 Å². The molecule has 4 rings (SSSR count). The summed E-state index contributed by atoms with van der Waals surface area (Å²) < 4.78 is 11.9. The molecular weight excluding hydrogens is 382 g/mol. The van der Waals surface area contributed by atoms with Crippen LogP contribution in [0.15, 0.2) is 84.9 Å². The summed E-state index contributed by atoms with van der Waals surface area (Å²) in [4.78, 5) is 2.62. The van der Waals surface area contributed by atoms with Crippen LogP contribution in [0.4, 0.5) is 0 Å². The summed E-state index contributed by atoms with van der Waals surface area (Å²) in [5.41, 5.74) is 3.83. The number of hydrogen-bond donors (Lipinski definition) is 0. The summed E-state index contributed by atoms with van der Waals surface area (Å²) in [7, 11) is 1.71. The molecule has 0 amide bonds. The van der Waals surface area contributed by atoms with E-state index in [1.54, 1.807) is 7.11 Å². The fourth-order valence-corrected chi connectivity index (χ4v) is 4.58. The van der Waals surface area contributed by atoms with Gasteiger partial charge >= 0.3 is 0 Å². The highest BCUT2D eigenvalue weighted by Gasteiger charge is 2.37. The number of nitrogens with zero attached hydrogens (tertiary/aromatic N) is 1. The third kappa shape index (κ3) is 5.36. The topological polar surface area (TPSA) is 21.7 Å². The molecule has 31 heavy (non-hydrogen) atoms. The lowest BCUT2D eigenvalue weighted by Gasteiger charge is -2.36. The van der Waals surface area contributed by atoms with Crippen molar-refractivity contribution in [3.8, 4) is 5.75 Å². The fourth-order valence-electron chi connectivity index (χ4n) is 4.58. The first kappa shape index (κ1) is 21.6. The Bertz CT molecular complexity index is 887. The third-order valence-corrected chi connectivity index (χ3v) is 6.50. The van der Waals surface area contributed by atoms with Crippen LogP contribution in [-0.4, -0.2) is 37.2 Å². The Labute approximate surface area is 186 Å². The van der Waals surface area contributed by atoms with Crippen molar-refractivity contribution < 1.29 is 9.47 Å². The molecule has 162 valence electrons. The Morgan fingerprint density at radius 3 is 2.06 bits per heavy atom. The summed E-state index contributed by atoms with van der Waals surface area (Å²) in [6.07, 6.45) is 3.40. The lowest BCUT2D eigenvalue weighted by molar-refractivity contribution is -0.00435. The molecule has 1 atom stereocenters. The molecule has 3 aromatic rings. The minimum absolute atomic E-state index is 0.0386. The molecule has 1 heterocycles. The van der Waals surface area contributed by atoms with Gasteiger partial charge in [0.15, 0.2) is 0 Å². The maximum Gasteiger partial charge on any atom is 0.118 e. The molecule has 0 bridgehead atoms. The van der Waals surface area contributed by atoms with Gasteiger partial charge in [-0.3, -0.25) is 4.90 Å². The van der Waals surface area contributed by atoms with Crippen molar-refractivity contribution in [1.82, 2.24) is 4.90 Å². The van der Waals surface area contributed by atoms with Crippen molar-refractivity contribution in [3.63, 3.8) is 0 Å². The average Bonchev–Trinajstić information content (AvgIpc) is 3.20. The van der Waals surface area contributed by atoms with E-state index in [4.69, 9.17) is 9.47 Å². The molecule has 1 aliphatic rings. The summed E-state index contributed by atoms with van der Waals surface area (Å²) in [6, 6.07) is 29.6. The Balaban J connectivity index is 1.43. The van der Waals surface area contributed by atoms with E-state index < -0.39 is 0 Å². The van der Waals surface area contributed by atoms with Gasteiger partial charge in [-0.25, -0.2) is 0 Å². The van der Waals surface area contributed by atoms with E-state index in [2.05, 4.69) is 84.6 Å². The quantitative estimate of drug-likeness (QED) is 0.434. The van der Waals surface area contributed by atoms with E-state index in [1.807, 2.05) is 12.1 Å². The van der Waals surface area contributed by atoms with Crippen molar-refractivity contribution in [2.24, 2.45) is 0 Å². The molecule has 1 saturated heterocycles. The summed E-state index contributed by atoms with van der Waals surface area (Å²) >= 11 is 0. The van der Waals surface area contributed by atoms with Gasteiger partial charge in [-0.05, 0) is 61.6 Å². The molecule has 3 nitrogen and oxygen atoms in total. The zero-order chi connectivity index (χ0) is 21.5. The van der Waals surface area contributed by atoms with Gasteiger partial charge in [0.05, 0.1) is 13.7 Å².